The predicted octanol–water partition coefficient (Wildman–Crippen LogP) is 2.43. The SMILES string of the molecule is O=C(O)c1cccc(NC2CCN(C(=O)CCc3ccccc3)C2)n1. The molecule has 1 atom stereocenters. The minimum absolute atomic E-state index is 0.0128. The van der Waals surface area contributed by atoms with E-state index < -0.39 is 5.97 Å². The van der Waals surface area contributed by atoms with Crippen LogP contribution in [0, 0.1) is 0 Å². The number of likely N-dealkylation sites (tertiary alicyclic amines) is 1. The zero-order valence-electron chi connectivity index (χ0n) is 13.9. The lowest BCUT2D eigenvalue weighted by Crippen LogP contribution is -2.31. The Labute approximate surface area is 146 Å². The van der Waals surface area contributed by atoms with Gasteiger partial charge in [-0.3, -0.25) is 4.79 Å². The van der Waals surface area contributed by atoms with Crippen LogP contribution in [0.25, 0.3) is 0 Å². The summed E-state index contributed by atoms with van der Waals surface area (Å²) < 4.78 is 0. The van der Waals surface area contributed by atoms with E-state index in [9.17, 15) is 9.59 Å². The molecule has 1 fully saturated rings. The maximum Gasteiger partial charge on any atom is 0.354 e. The number of carbonyl (C=O) groups is 2. The molecule has 3 rings (SSSR count). The summed E-state index contributed by atoms with van der Waals surface area (Å²) in [5.41, 5.74) is 1.18. The molecule has 1 unspecified atom stereocenters. The lowest BCUT2D eigenvalue weighted by molar-refractivity contribution is -0.130. The smallest absolute Gasteiger partial charge is 0.354 e. The number of hydrogen-bond acceptors (Lipinski definition) is 4. The van der Waals surface area contributed by atoms with Crippen LogP contribution in [0.4, 0.5) is 5.82 Å². The van der Waals surface area contributed by atoms with Gasteiger partial charge in [0.2, 0.25) is 5.91 Å². The monoisotopic (exact) mass is 339 g/mol. The van der Waals surface area contributed by atoms with Crippen molar-refractivity contribution < 1.29 is 14.7 Å². The lowest BCUT2D eigenvalue weighted by Gasteiger charge is -2.17. The highest BCUT2D eigenvalue weighted by atomic mass is 16.4. The van der Waals surface area contributed by atoms with Crippen LogP contribution in [0.1, 0.15) is 28.9 Å². The molecule has 0 bridgehead atoms. The number of carboxylic acids is 1. The Bertz CT molecular complexity index is 749. The average Bonchev–Trinajstić information content (AvgIpc) is 3.09. The van der Waals surface area contributed by atoms with Crippen LogP contribution in [0.2, 0.25) is 0 Å². The summed E-state index contributed by atoms with van der Waals surface area (Å²) in [5, 5.41) is 12.2. The lowest BCUT2D eigenvalue weighted by atomic mass is 10.1. The number of aryl methyl sites for hydroxylation is 1. The number of amides is 1. The van der Waals surface area contributed by atoms with Crippen molar-refractivity contribution >= 4 is 17.7 Å². The minimum atomic E-state index is -1.05. The van der Waals surface area contributed by atoms with Crippen molar-refractivity contribution in [1.82, 2.24) is 9.88 Å². The van der Waals surface area contributed by atoms with Crippen LogP contribution in [-0.4, -0.2) is 46.0 Å². The van der Waals surface area contributed by atoms with Gasteiger partial charge in [-0.05, 0) is 30.5 Å². The number of rotatable bonds is 6. The Morgan fingerprint density at radius 1 is 1.16 bits per heavy atom. The van der Waals surface area contributed by atoms with E-state index >= 15 is 0 Å². The quantitative estimate of drug-likeness (QED) is 0.844. The summed E-state index contributed by atoms with van der Waals surface area (Å²) in [6.45, 7) is 1.33. The first kappa shape index (κ1) is 17.0. The maximum absolute atomic E-state index is 12.4. The predicted molar refractivity (Wildman–Crippen MR) is 94.6 cm³/mol. The van der Waals surface area contributed by atoms with Crippen molar-refractivity contribution in [2.45, 2.75) is 25.3 Å². The number of anilines is 1. The van der Waals surface area contributed by atoms with E-state index in [2.05, 4.69) is 10.3 Å². The summed E-state index contributed by atoms with van der Waals surface area (Å²) in [6, 6.07) is 14.9. The van der Waals surface area contributed by atoms with E-state index in [0.29, 0.717) is 25.3 Å². The van der Waals surface area contributed by atoms with E-state index in [4.69, 9.17) is 5.11 Å². The summed E-state index contributed by atoms with van der Waals surface area (Å²) in [4.78, 5) is 29.3. The fraction of sp³-hybridized carbons (Fsp3) is 0.316. The largest absolute Gasteiger partial charge is 0.477 e. The number of carbonyl (C=O) groups excluding carboxylic acids is 1. The van der Waals surface area contributed by atoms with Crippen molar-refractivity contribution in [3.63, 3.8) is 0 Å². The second-order valence-electron chi connectivity index (χ2n) is 6.17. The third-order valence-corrected chi connectivity index (χ3v) is 4.33. The van der Waals surface area contributed by atoms with Gasteiger partial charge >= 0.3 is 5.97 Å². The number of carboxylic acid groups (broad SMARTS) is 1. The number of hydrogen-bond donors (Lipinski definition) is 2. The fourth-order valence-electron chi connectivity index (χ4n) is 3.00. The molecule has 2 aromatic rings. The Morgan fingerprint density at radius 3 is 2.72 bits per heavy atom. The van der Waals surface area contributed by atoms with Gasteiger partial charge in [0.05, 0.1) is 0 Å². The molecule has 25 heavy (non-hydrogen) atoms. The van der Waals surface area contributed by atoms with Crippen LogP contribution in [0.5, 0.6) is 0 Å². The highest BCUT2D eigenvalue weighted by Crippen LogP contribution is 2.16. The summed E-state index contributed by atoms with van der Waals surface area (Å²) in [7, 11) is 0. The molecule has 0 saturated carbocycles. The van der Waals surface area contributed by atoms with Crippen molar-refractivity contribution in [3.05, 3.63) is 59.8 Å². The maximum atomic E-state index is 12.4. The van der Waals surface area contributed by atoms with Gasteiger partial charge < -0.3 is 15.3 Å². The molecule has 1 aromatic carbocycles. The Hall–Kier alpha value is -2.89. The third kappa shape index (κ3) is 4.56. The Balaban J connectivity index is 1.50. The van der Waals surface area contributed by atoms with Crippen LogP contribution >= 0.6 is 0 Å². The van der Waals surface area contributed by atoms with E-state index in [1.807, 2.05) is 35.2 Å². The van der Waals surface area contributed by atoms with Gasteiger partial charge in [0.1, 0.15) is 5.82 Å². The van der Waals surface area contributed by atoms with E-state index in [1.165, 1.54) is 11.6 Å². The highest BCUT2D eigenvalue weighted by molar-refractivity contribution is 5.85. The second-order valence-corrected chi connectivity index (χ2v) is 6.17. The molecule has 6 nitrogen and oxygen atoms in total. The molecular weight excluding hydrogens is 318 g/mol. The third-order valence-electron chi connectivity index (χ3n) is 4.33. The van der Waals surface area contributed by atoms with Crippen molar-refractivity contribution in [2.24, 2.45) is 0 Å². The summed E-state index contributed by atoms with van der Waals surface area (Å²) in [6.07, 6.45) is 2.08. The molecule has 0 spiro atoms. The minimum Gasteiger partial charge on any atom is -0.477 e. The van der Waals surface area contributed by atoms with Crippen molar-refractivity contribution in [1.29, 1.82) is 0 Å². The average molecular weight is 339 g/mol. The molecule has 2 N–H and O–H groups in total. The number of aromatic nitrogens is 1. The van der Waals surface area contributed by atoms with Gasteiger partial charge in [0.25, 0.3) is 0 Å². The molecule has 0 radical (unpaired) electrons. The molecule has 2 heterocycles. The fourth-order valence-corrected chi connectivity index (χ4v) is 3.00. The molecule has 1 aromatic heterocycles. The molecule has 0 aliphatic carbocycles. The number of aromatic carboxylic acids is 1. The van der Waals surface area contributed by atoms with E-state index in [-0.39, 0.29) is 17.6 Å². The number of pyridine rings is 1. The molecule has 130 valence electrons. The zero-order valence-corrected chi connectivity index (χ0v) is 13.9. The van der Waals surface area contributed by atoms with E-state index in [0.717, 1.165) is 12.8 Å². The molecule has 1 amide bonds. The van der Waals surface area contributed by atoms with Gasteiger partial charge in [-0.1, -0.05) is 36.4 Å². The first-order valence-corrected chi connectivity index (χ1v) is 8.40. The van der Waals surface area contributed by atoms with Crippen molar-refractivity contribution in [3.8, 4) is 0 Å². The number of nitrogens with zero attached hydrogens (tertiary/aromatic N) is 2. The molecule has 1 aliphatic heterocycles. The van der Waals surface area contributed by atoms with Gasteiger partial charge in [0.15, 0.2) is 5.69 Å². The topological polar surface area (TPSA) is 82.5 Å². The van der Waals surface area contributed by atoms with Crippen LogP contribution in [0.15, 0.2) is 48.5 Å². The van der Waals surface area contributed by atoms with Crippen LogP contribution in [-0.2, 0) is 11.2 Å². The first-order valence-electron chi connectivity index (χ1n) is 8.40. The first-order chi connectivity index (χ1) is 12.1. The highest BCUT2D eigenvalue weighted by Gasteiger charge is 2.26. The molecular formula is C19H21N3O3. The van der Waals surface area contributed by atoms with Crippen LogP contribution < -0.4 is 5.32 Å². The van der Waals surface area contributed by atoms with E-state index in [1.54, 1.807) is 12.1 Å². The second kappa shape index (κ2) is 7.79. The number of benzene rings is 1. The summed E-state index contributed by atoms with van der Waals surface area (Å²) >= 11 is 0. The van der Waals surface area contributed by atoms with Gasteiger partial charge in [-0.2, -0.15) is 0 Å². The molecule has 1 aliphatic rings. The Morgan fingerprint density at radius 2 is 1.96 bits per heavy atom. The standard InChI is InChI=1S/C19H21N3O3/c23-18(10-9-14-5-2-1-3-6-14)22-12-11-15(13-22)20-17-8-4-7-16(21-17)19(24)25/h1-8,15H,9-13H2,(H,20,21)(H,24,25). The normalized spacial score (nSPS) is 16.6. The number of nitrogens with one attached hydrogen (secondary N) is 1. The molecule has 6 heteroatoms. The van der Waals surface area contributed by atoms with Gasteiger partial charge in [-0.25, -0.2) is 9.78 Å². The van der Waals surface area contributed by atoms with Crippen LogP contribution in [0.3, 0.4) is 0 Å². The van der Waals surface area contributed by atoms with Gasteiger partial charge in [-0.15, -0.1) is 0 Å². The zero-order chi connectivity index (χ0) is 17.6. The van der Waals surface area contributed by atoms with Gasteiger partial charge in [0, 0.05) is 25.6 Å². The van der Waals surface area contributed by atoms with Crippen molar-refractivity contribution in [2.75, 3.05) is 18.4 Å². The summed E-state index contributed by atoms with van der Waals surface area (Å²) in [5.74, 6) is -0.364. The Kier molecular flexibility index (Phi) is 5.28. The molecule has 1 saturated heterocycles.